The van der Waals surface area contributed by atoms with Gasteiger partial charge in [-0.15, -0.1) is 0 Å². The number of nitrogens with zero attached hydrogens (tertiary/aromatic N) is 2. The summed E-state index contributed by atoms with van der Waals surface area (Å²) in [5.74, 6) is -0.223. The molecule has 1 amide bonds. The van der Waals surface area contributed by atoms with E-state index < -0.39 is 18.4 Å². The van der Waals surface area contributed by atoms with E-state index in [1.54, 1.807) is 0 Å². The van der Waals surface area contributed by atoms with E-state index in [4.69, 9.17) is 12.2 Å². The standard InChI is InChI=1S/C21H26F2N6OS/c22-18(23)17-11-16(13-7-3-1-4-8-13)26-19-15(12-24-29(17)19)20(30)27-28-21(31)25-14-9-5-2-6-10-14/h1,3-4,7-8,12,14,16-18,26H,2,5-6,9-11H2,(H,27,30)(H2,25,28,31). The lowest BCUT2D eigenvalue weighted by molar-refractivity contribution is 0.0656. The third-order valence-electron chi connectivity index (χ3n) is 5.87. The number of carbonyl (C=O) groups excluding carboxylic acids is 1. The Balaban J connectivity index is 1.45. The second-order valence-corrected chi connectivity index (χ2v) is 8.39. The van der Waals surface area contributed by atoms with Crippen molar-refractivity contribution in [3.05, 3.63) is 47.7 Å². The molecule has 2 aliphatic rings. The first-order chi connectivity index (χ1) is 15.0. The second-order valence-electron chi connectivity index (χ2n) is 7.98. The van der Waals surface area contributed by atoms with Crippen molar-refractivity contribution in [3.8, 4) is 0 Å². The normalized spacial score (nSPS) is 21.1. The van der Waals surface area contributed by atoms with E-state index >= 15 is 0 Å². The molecule has 2 heterocycles. The number of fused-ring (bicyclic) bond motifs is 1. The van der Waals surface area contributed by atoms with Crippen LogP contribution in [0.5, 0.6) is 0 Å². The van der Waals surface area contributed by atoms with E-state index in [1.807, 2.05) is 30.3 Å². The van der Waals surface area contributed by atoms with Gasteiger partial charge in [-0.05, 0) is 37.0 Å². The van der Waals surface area contributed by atoms with Gasteiger partial charge in [-0.25, -0.2) is 13.5 Å². The Labute approximate surface area is 184 Å². The maximum absolute atomic E-state index is 13.7. The van der Waals surface area contributed by atoms with Crippen LogP contribution in [0.15, 0.2) is 36.5 Å². The molecule has 7 nitrogen and oxygen atoms in total. The van der Waals surface area contributed by atoms with E-state index in [9.17, 15) is 13.6 Å². The van der Waals surface area contributed by atoms with Crippen molar-refractivity contribution in [1.82, 2.24) is 25.9 Å². The minimum absolute atomic E-state index is 0.172. The molecule has 166 valence electrons. The average Bonchev–Trinajstić information content (AvgIpc) is 3.22. The number of alkyl halides is 2. The summed E-state index contributed by atoms with van der Waals surface area (Å²) in [5.41, 5.74) is 6.32. The van der Waals surface area contributed by atoms with Crippen molar-refractivity contribution in [2.45, 2.75) is 63.1 Å². The summed E-state index contributed by atoms with van der Waals surface area (Å²) in [6.45, 7) is 0. The molecule has 31 heavy (non-hydrogen) atoms. The Morgan fingerprint density at radius 3 is 2.61 bits per heavy atom. The molecule has 0 saturated heterocycles. The molecule has 4 rings (SSSR count). The third kappa shape index (κ3) is 4.95. The second kappa shape index (κ2) is 9.59. The van der Waals surface area contributed by atoms with Gasteiger partial charge in [-0.3, -0.25) is 15.6 Å². The maximum Gasteiger partial charge on any atom is 0.275 e. The van der Waals surface area contributed by atoms with Crippen LogP contribution in [0, 0.1) is 0 Å². The number of nitrogens with one attached hydrogen (secondary N) is 4. The third-order valence-corrected chi connectivity index (χ3v) is 6.09. The van der Waals surface area contributed by atoms with Crippen LogP contribution in [0.3, 0.4) is 0 Å². The predicted octanol–water partition coefficient (Wildman–Crippen LogP) is 3.69. The lowest BCUT2D eigenvalue weighted by Gasteiger charge is -2.32. The molecule has 2 unspecified atom stereocenters. The molecule has 1 aromatic carbocycles. The van der Waals surface area contributed by atoms with Gasteiger partial charge in [0.1, 0.15) is 17.4 Å². The topological polar surface area (TPSA) is 83.0 Å². The van der Waals surface area contributed by atoms with Gasteiger partial charge in [0.2, 0.25) is 0 Å². The van der Waals surface area contributed by atoms with E-state index in [2.05, 4.69) is 26.6 Å². The van der Waals surface area contributed by atoms with Crippen molar-refractivity contribution < 1.29 is 13.6 Å². The number of amides is 1. The molecular formula is C21H26F2N6OS. The molecule has 2 atom stereocenters. The highest BCUT2D eigenvalue weighted by Gasteiger charge is 2.36. The molecule has 1 aliphatic heterocycles. The molecule has 1 aromatic heterocycles. The van der Waals surface area contributed by atoms with E-state index in [-0.39, 0.29) is 23.8 Å². The molecule has 0 bridgehead atoms. The van der Waals surface area contributed by atoms with Crippen LogP contribution in [0.25, 0.3) is 0 Å². The summed E-state index contributed by atoms with van der Waals surface area (Å²) >= 11 is 5.27. The number of hydrogen-bond donors (Lipinski definition) is 4. The molecule has 2 aromatic rings. The first kappa shape index (κ1) is 21.5. The minimum atomic E-state index is -2.60. The van der Waals surface area contributed by atoms with Crippen molar-refractivity contribution in [2.75, 3.05) is 5.32 Å². The monoisotopic (exact) mass is 448 g/mol. The fourth-order valence-corrected chi connectivity index (χ4v) is 4.47. The van der Waals surface area contributed by atoms with Crippen molar-refractivity contribution >= 4 is 29.1 Å². The number of benzene rings is 1. The van der Waals surface area contributed by atoms with Crippen LogP contribution in [0.2, 0.25) is 0 Å². The average molecular weight is 449 g/mol. The van der Waals surface area contributed by atoms with Crippen LogP contribution in [0.4, 0.5) is 14.6 Å². The van der Waals surface area contributed by atoms with E-state index in [0.29, 0.717) is 11.2 Å². The summed E-state index contributed by atoms with van der Waals surface area (Å²) in [6.07, 6.45) is 4.53. The first-order valence-electron chi connectivity index (χ1n) is 10.6. The highest BCUT2D eigenvalue weighted by atomic mass is 32.1. The summed E-state index contributed by atoms with van der Waals surface area (Å²) in [6, 6.07) is 8.18. The van der Waals surface area contributed by atoms with Crippen LogP contribution < -0.4 is 21.5 Å². The van der Waals surface area contributed by atoms with Gasteiger partial charge >= 0.3 is 0 Å². The Hall–Kier alpha value is -2.75. The summed E-state index contributed by atoms with van der Waals surface area (Å²) in [7, 11) is 0. The number of halogens is 2. The quantitative estimate of drug-likeness (QED) is 0.422. The highest BCUT2D eigenvalue weighted by Crippen LogP contribution is 2.39. The lowest BCUT2D eigenvalue weighted by Crippen LogP contribution is -2.50. The fourth-order valence-electron chi connectivity index (χ4n) is 4.25. The van der Waals surface area contributed by atoms with Crippen molar-refractivity contribution in [3.63, 3.8) is 0 Å². The first-order valence-corrected chi connectivity index (χ1v) is 11.0. The summed E-state index contributed by atoms with van der Waals surface area (Å²) in [4.78, 5) is 12.8. The number of aromatic nitrogens is 2. The van der Waals surface area contributed by atoms with E-state index in [0.717, 1.165) is 31.2 Å². The molecule has 0 spiro atoms. The van der Waals surface area contributed by atoms with Gasteiger partial charge < -0.3 is 10.6 Å². The van der Waals surface area contributed by atoms with Gasteiger partial charge in [0.25, 0.3) is 12.3 Å². The number of hydrogen-bond acceptors (Lipinski definition) is 4. The molecular weight excluding hydrogens is 422 g/mol. The molecule has 1 saturated carbocycles. The number of anilines is 1. The van der Waals surface area contributed by atoms with Gasteiger partial charge in [0.05, 0.1) is 12.2 Å². The summed E-state index contributed by atoms with van der Waals surface area (Å²) < 4.78 is 28.7. The molecule has 1 aliphatic carbocycles. The van der Waals surface area contributed by atoms with Crippen molar-refractivity contribution in [2.24, 2.45) is 0 Å². The minimum Gasteiger partial charge on any atom is -0.363 e. The van der Waals surface area contributed by atoms with Crippen molar-refractivity contribution in [1.29, 1.82) is 0 Å². The summed E-state index contributed by atoms with van der Waals surface area (Å²) in [5, 5.41) is 10.8. The van der Waals surface area contributed by atoms with Gasteiger partial charge in [-0.1, -0.05) is 49.6 Å². The molecule has 1 fully saturated rings. The molecule has 4 N–H and O–H groups in total. The Kier molecular flexibility index (Phi) is 6.64. The SMILES string of the molecule is O=C(NNC(=S)NC1CCCCC1)c1cnn2c1NC(c1ccccc1)CC2C(F)F. The lowest BCUT2D eigenvalue weighted by atomic mass is 9.96. The van der Waals surface area contributed by atoms with E-state index in [1.165, 1.54) is 17.3 Å². The van der Waals surface area contributed by atoms with Crippen LogP contribution in [-0.4, -0.2) is 33.3 Å². The Morgan fingerprint density at radius 1 is 1.16 bits per heavy atom. The molecule has 0 radical (unpaired) electrons. The zero-order valence-electron chi connectivity index (χ0n) is 17.0. The van der Waals surface area contributed by atoms with Gasteiger partial charge in [-0.2, -0.15) is 5.10 Å². The zero-order chi connectivity index (χ0) is 21.8. The number of rotatable bonds is 4. The zero-order valence-corrected chi connectivity index (χ0v) is 17.8. The van der Waals surface area contributed by atoms with Crippen LogP contribution in [-0.2, 0) is 0 Å². The fraction of sp³-hybridized carbons (Fsp3) is 0.476. The number of hydrazine groups is 1. The highest BCUT2D eigenvalue weighted by molar-refractivity contribution is 7.80. The predicted molar refractivity (Wildman–Crippen MR) is 118 cm³/mol. The van der Waals surface area contributed by atoms with Gasteiger partial charge in [0, 0.05) is 6.04 Å². The Morgan fingerprint density at radius 2 is 1.90 bits per heavy atom. The molecule has 10 heteroatoms. The van der Waals surface area contributed by atoms with Crippen LogP contribution in [0.1, 0.15) is 66.5 Å². The van der Waals surface area contributed by atoms with Crippen LogP contribution >= 0.6 is 12.2 Å². The smallest absolute Gasteiger partial charge is 0.275 e. The maximum atomic E-state index is 13.7. The number of carbonyl (C=O) groups is 1. The Bertz CT molecular complexity index is 916. The largest absolute Gasteiger partial charge is 0.363 e. The number of thiocarbonyl (C=S) groups is 1. The van der Waals surface area contributed by atoms with Gasteiger partial charge in [0.15, 0.2) is 5.11 Å².